The molecule has 1 aromatic carbocycles. The van der Waals surface area contributed by atoms with Crippen molar-refractivity contribution in [1.82, 2.24) is 0 Å². The standard InChI is InChI=1S/C15H19NO3/c1-15(19-12-6-4-7-12)10-9-11-5-2-3-8-13(11)16(15)14(17)18/h2-3,5,8,12H,4,6-7,9-10H2,1H3,(H,17,18). The molecule has 2 aliphatic rings. The Morgan fingerprint density at radius 2 is 2.16 bits per heavy atom. The average Bonchev–Trinajstić information content (AvgIpc) is 2.33. The van der Waals surface area contributed by atoms with Gasteiger partial charge in [0, 0.05) is 0 Å². The van der Waals surface area contributed by atoms with Crippen LogP contribution in [-0.2, 0) is 11.2 Å². The Morgan fingerprint density at radius 3 is 2.79 bits per heavy atom. The molecule has 3 rings (SSSR count). The molecule has 102 valence electrons. The van der Waals surface area contributed by atoms with E-state index in [2.05, 4.69) is 0 Å². The molecule has 0 radical (unpaired) electrons. The highest BCUT2D eigenvalue weighted by molar-refractivity contribution is 5.89. The molecule has 4 nitrogen and oxygen atoms in total. The van der Waals surface area contributed by atoms with Crippen LogP contribution in [0.15, 0.2) is 24.3 Å². The summed E-state index contributed by atoms with van der Waals surface area (Å²) in [6, 6.07) is 7.69. The lowest BCUT2D eigenvalue weighted by molar-refractivity contribution is -0.115. The summed E-state index contributed by atoms with van der Waals surface area (Å²) in [4.78, 5) is 13.1. The number of anilines is 1. The number of hydrogen-bond donors (Lipinski definition) is 1. The van der Waals surface area contributed by atoms with Gasteiger partial charge in [-0.25, -0.2) is 9.69 Å². The number of nitrogens with zero attached hydrogens (tertiary/aromatic N) is 1. The van der Waals surface area contributed by atoms with Crippen molar-refractivity contribution in [1.29, 1.82) is 0 Å². The Labute approximate surface area is 113 Å². The zero-order valence-corrected chi connectivity index (χ0v) is 11.1. The van der Waals surface area contributed by atoms with E-state index in [9.17, 15) is 9.90 Å². The van der Waals surface area contributed by atoms with Crippen molar-refractivity contribution >= 4 is 11.8 Å². The van der Waals surface area contributed by atoms with Crippen LogP contribution in [0.3, 0.4) is 0 Å². The molecule has 1 aliphatic carbocycles. The van der Waals surface area contributed by atoms with E-state index >= 15 is 0 Å². The number of aryl methyl sites for hydroxylation is 1. The molecule has 1 heterocycles. The minimum absolute atomic E-state index is 0.220. The van der Waals surface area contributed by atoms with Crippen LogP contribution in [0, 0.1) is 0 Å². The van der Waals surface area contributed by atoms with Gasteiger partial charge in [0.05, 0.1) is 11.8 Å². The van der Waals surface area contributed by atoms with Gasteiger partial charge in [0.1, 0.15) is 5.72 Å². The topological polar surface area (TPSA) is 49.8 Å². The molecule has 0 saturated heterocycles. The van der Waals surface area contributed by atoms with Gasteiger partial charge in [-0.3, -0.25) is 0 Å². The minimum Gasteiger partial charge on any atom is -0.465 e. The van der Waals surface area contributed by atoms with Gasteiger partial charge in [0.2, 0.25) is 0 Å². The summed E-state index contributed by atoms with van der Waals surface area (Å²) in [5.74, 6) is 0. The van der Waals surface area contributed by atoms with E-state index in [4.69, 9.17) is 4.74 Å². The maximum Gasteiger partial charge on any atom is 0.414 e. The van der Waals surface area contributed by atoms with Crippen LogP contribution in [0.5, 0.6) is 0 Å². The number of carbonyl (C=O) groups is 1. The van der Waals surface area contributed by atoms with E-state index in [1.54, 1.807) is 0 Å². The Kier molecular flexibility index (Phi) is 2.97. The molecule has 1 unspecified atom stereocenters. The summed E-state index contributed by atoms with van der Waals surface area (Å²) in [6.45, 7) is 1.90. The Bertz CT molecular complexity index is 498. The molecule has 1 atom stereocenters. The Balaban J connectivity index is 1.95. The van der Waals surface area contributed by atoms with Gasteiger partial charge in [-0.15, -0.1) is 0 Å². The molecule has 1 amide bonds. The largest absolute Gasteiger partial charge is 0.465 e. The summed E-state index contributed by atoms with van der Waals surface area (Å²) in [7, 11) is 0. The molecule has 1 aromatic rings. The maximum absolute atomic E-state index is 11.7. The van der Waals surface area contributed by atoms with Gasteiger partial charge in [0.25, 0.3) is 0 Å². The first kappa shape index (κ1) is 12.5. The third-order valence-corrected chi connectivity index (χ3v) is 4.23. The summed E-state index contributed by atoms with van der Waals surface area (Å²) >= 11 is 0. The van der Waals surface area contributed by atoms with Gasteiger partial charge in [-0.05, 0) is 50.7 Å². The van der Waals surface area contributed by atoms with Gasteiger partial charge < -0.3 is 9.84 Å². The summed E-state index contributed by atoms with van der Waals surface area (Å²) in [5, 5.41) is 9.57. The molecule has 1 aliphatic heterocycles. The molecule has 1 saturated carbocycles. The first-order valence-electron chi connectivity index (χ1n) is 6.89. The predicted molar refractivity (Wildman–Crippen MR) is 72.4 cm³/mol. The summed E-state index contributed by atoms with van der Waals surface area (Å²) in [5.41, 5.74) is 1.12. The fourth-order valence-corrected chi connectivity index (χ4v) is 2.94. The number of benzene rings is 1. The highest BCUT2D eigenvalue weighted by Crippen LogP contribution is 2.40. The monoisotopic (exact) mass is 261 g/mol. The van der Waals surface area contributed by atoms with Crippen LogP contribution < -0.4 is 4.90 Å². The number of amides is 1. The zero-order chi connectivity index (χ0) is 13.5. The fourth-order valence-electron chi connectivity index (χ4n) is 2.94. The van der Waals surface area contributed by atoms with Crippen molar-refractivity contribution in [3.05, 3.63) is 29.8 Å². The van der Waals surface area contributed by atoms with Gasteiger partial charge in [0.15, 0.2) is 0 Å². The van der Waals surface area contributed by atoms with Crippen LogP contribution in [-0.4, -0.2) is 23.0 Å². The number of hydrogen-bond acceptors (Lipinski definition) is 2. The molecule has 1 N–H and O–H groups in total. The van der Waals surface area contributed by atoms with E-state index in [1.807, 2.05) is 31.2 Å². The van der Waals surface area contributed by atoms with Crippen molar-refractivity contribution in [2.24, 2.45) is 0 Å². The van der Waals surface area contributed by atoms with Gasteiger partial charge in [-0.1, -0.05) is 18.2 Å². The quantitative estimate of drug-likeness (QED) is 0.887. The lowest BCUT2D eigenvalue weighted by Crippen LogP contribution is -2.56. The maximum atomic E-state index is 11.7. The average molecular weight is 261 g/mol. The first-order valence-corrected chi connectivity index (χ1v) is 6.89. The minimum atomic E-state index is -0.936. The number of carboxylic acid groups (broad SMARTS) is 1. The number of fused-ring (bicyclic) bond motifs is 1. The molecular weight excluding hydrogens is 242 g/mol. The molecule has 0 bridgehead atoms. The molecular formula is C15H19NO3. The van der Waals surface area contributed by atoms with Crippen LogP contribution in [0.2, 0.25) is 0 Å². The lowest BCUT2D eigenvalue weighted by Gasteiger charge is -2.46. The SMILES string of the molecule is CC1(OC2CCC2)CCc2ccccc2N1C(=O)O. The van der Waals surface area contributed by atoms with E-state index in [0.717, 1.165) is 30.5 Å². The third kappa shape index (κ3) is 2.10. The molecule has 1 fully saturated rings. The van der Waals surface area contributed by atoms with E-state index in [0.29, 0.717) is 6.42 Å². The fraction of sp³-hybridized carbons (Fsp3) is 0.533. The molecule has 4 heteroatoms. The second-order valence-electron chi connectivity index (χ2n) is 5.59. The third-order valence-electron chi connectivity index (χ3n) is 4.23. The second kappa shape index (κ2) is 4.53. The first-order chi connectivity index (χ1) is 9.10. The van der Waals surface area contributed by atoms with Gasteiger partial charge in [-0.2, -0.15) is 0 Å². The Morgan fingerprint density at radius 1 is 1.42 bits per heavy atom. The molecule has 0 aromatic heterocycles. The van der Waals surface area contributed by atoms with Crippen LogP contribution in [0.4, 0.5) is 10.5 Å². The van der Waals surface area contributed by atoms with Gasteiger partial charge >= 0.3 is 6.09 Å². The molecule has 19 heavy (non-hydrogen) atoms. The van der Waals surface area contributed by atoms with Crippen molar-refractivity contribution in [2.45, 2.75) is 50.9 Å². The van der Waals surface area contributed by atoms with Crippen LogP contribution in [0.25, 0.3) is 0 Å². The number of ether oxygens (including phenoxy) is 1. The predicted octanol–water partition coefficient (Wildman–Crippen LogP) is 3.40. The highest BCUT2D eigenvalue weighted by atomic mass is 16.5. The normalized spacial score (nSPS) is 26.7. The zero-order valence-electron chi connectivity index (χ0n) is 11.1. The summed E-state index contributed by atoms with van der Waals surface area (Å²) in [6.07, 6.45) is 4.14. The van der Waals surface area contributed by atoms with Crippen molar-refractivity contribution in [3.63, 3.8) is 0 Å². The molecule has 0 spiro atoms. The van der Waals surface area contributed by atoms with Crippen molar-refractivity contribution < 1.29 is 14.6 Å². The van der Waals surface area contributed by atoms with E-state index < -0.39 is 11.8 Å². The number of rotatable bonds is 2. The number of para-hydroxylation sites is 1. The summed E-state index contributed by atoms with van der Waals surface area (Å²) < 4.78 is 6.09. The van der Waals surface area contributed by atoms with Crippen LogP contribution in [0.1, 0.15) is 38.2 Å². The highest BCUT2D eigenvalue weighted by Gasteiger charge is 2.43. The lowest BCUT2D eigenvalue weighted by atomic mass is 9.91. The van der Waals surface area contributed by atoms with Crippen molar-refractivity contribution in [2.75, 3.05) is 4.90 Å². The smallest absolute Gasteiger partial charge is 0.414 e. The van der Waals surface area contributed by atoms with Crippen LogP contribution >= 0.6 is 0 Å². The van der Waals surface area contributed by atoms with E-state index in [1.165, 1.54) is 11.3 Å². The Hall–Kier alpha value is -1.55. The van der Waals surface area contributed by atoms with E-state index in [-0.39, 0.29) is 6.10 Å². The van der Waals surface area contributed by atoms with Crippen molar-refractivity contribution in [3.8, 4) is 0 Å². The second-order valence-corrected chi connectivity index (χ2v) is 5.59.